The molecule has 0 fully saturated rings. The molecule has 10 heteroatoms. The molecule has 3 aromatic carbocycles. The Bertz CT molecular complexity index is 1390. The molecule has 0 aromatic heterocycles. The standard InChI is InChI=1S/C29H33ClFN3O4S/c1-21(2)18-32-29(36)27(16-22-10-5-4-6-11-22)33(19-23-12-7-8-15-26(23)30)28(35)20-34(39(3,37)38)25-14-9-13-24(31)17-25/h4-15,17,21,27H,16,18-20H2,1-3H3,(H,32,36)/t27-/m1/s1. The van der Waals surface area contributed by atoms with Gasteiger partial charge in [0.05, 0.1) is 11.9 Å². The second-order valence-corrected chi connectivity index (χ2v) is 12.0. The van der Waals surface area contributed by atoms with Crippen LogP contribution in [0.15, 0.2) is 78.9 Å². The molecule has 3 rings (SSSR count). The highest BCUT2D eigenvalue weighted by Gasteiger charge is 2.33. The molecule has 0 unspecified atom stereocenters. The first-order valence-corrected chi connectivity index (χ1v) is 14.8. The highest BCUT2D eigenvalue weighted by molar-refractivity contribution is 7.92. The summed E-state index contributed by atoms with van der Waals surface area (Å²) in [5, 5.41) is 3.32. The molecule has 0 saturated heterocycles. The molecule has 208 valence electrons. The molecule has 1 N–H and O–H groups in total. The van der Waals surface area contributed by atoms with E-state index in [1.165, 1.54) is 23.1 Å². The highest BCUT2D eigenvalue weighted by atomic mass is 35.5. The molecule has 0 bridgehead atoms. The van der Waals surface area contributed by atoms with Crippen LogP contribution < -0.4 is 9.62 Å². The molecule has 0 aliphatic heterocycles. The van der Waals surface area contributed by atoms with Gasteiger partial charge in [0.1, 0.15) is 18.4 Å². The molecular weight excluding hydrogens is 541 g/mol. The summed E-state index contributed by atoms with van der Waals surface area (Å²) in [6, 6.07) is 20.2. The molecule has 39 heavy (non-hydrogen) atoms. The Kier molecular flexibility index (Phi) is 10.5. The molecule has 2 amide bonds. The Balaban J connectivity index is 2.06. The second-order valence-electron chi connectivity index (χ2n) is 9.71. The van der Waals surface area contributed by atoms with Crippen LogP contribution in [0.25, 0.3) is 0 Å². The maximum absolute atomic E-state index is 14.0. The molecule has 7 nitrogen and oxygen atoms in total. The van der Waals surface area contributed by atoms with Crippen molar-refractivity contribution in [2.75, 3.05) is 23.7 Å². The summed E-state index contributed by atoms with van der Waals surface area (Å²) in [6.45, 7) is 3.66. The first-order chi connectivity index (χ1) is 18.5. The van der Waals surface area contributed by atoms with Gasteiger partial charge in [-0.3, -0.25) is 13.9 Å². The van der Waals surface area contributed by atoms with Crippen LogP contribution in [-0.2, 0) is 32.6 Å². The minimum absolute atomic E-state index is 0.00686. The zero-order valence-electron chi connectivity index (χ0n) is 22.2. The number of nitrogens with zero attached hydrogens (tertiary/aromatic N) is 2. The zero-order valence-corrected chi connectivity index (χ0v) is 23.8. The van der Waals surface area contributed by atoms with E-state index in [9.17, 15) is 22.4 Å². The summed E-state index contributed by atoms with van der Waals surface area (Å²) in [7, 11) is -3.98. The normalized spacial score (nSPS) is 12.2. The average molecular weight is 574 g/mol. The second kappa shape index (κ2) is 13.6. The molecule has 0 radical (unpaired) electrons. The Morgan fingerprint density at radius 1 is 0.974 bits per heavy atom. The van der Waals surface area contributed by atoms with E-state index >= 15 is 0 Å². The van der Waals surface area contributed by atoms with Crippen molar-refractivity contribution in [1.29, 1.82) is 0 Å². The number of halogens is 2. The van der Waals surface area contributed by atoms with Crippen molar-refractivity contribution in [2.24, 2.45) is 5.92 Å². The number of rotatable bonds is 12. The lowest BCUT2D eigenvalue weighted by molar-refractivity contribution is -0.140. The van der Waals surface area contributed by atoms with Gasteiger partial charge in [-0.2, -0.15) is 0 Å². The summed E-state index contributed by atoms with van der Waals surface area (Å²) in [5.41, 5.74) is 1.43. The minimum atomic E-state index is -3.98. The predicted molar refractivity (Wildman–Crippen MR) is 152 cm³/mol. The molecule has 1 atom stereocenters. The van der Waals surface area contributed by atoms with Crippen molar-refractivity contribution in [1.82, 2.24) is 10.2 Å². The van der Waals surface area contributed by atoms with Gasteiger partial charge < -0.3 is 10.2 Å². The van der Waals surface area contributed by atoms with Gasteiger partial charge in [-0.15, -0.1) is 0 Å². The van der Waals surface area contributed by atoms with Crippen LogP contribution in [-0.4, -0.2) is 50.5 Å². The van der Waals surface area contributed by atoms with Gasteiger partial charge in [0.25, 0.3) is 0 Å². The van der Waals surface area contributed by atoms with Gasteiger partial charge in [0.2, 0.25) is 21.8 Å². The lowest BCUT2D eigenvalue weighted by Gasteiger charge is -2.33. The topological polar surface area (TPSA) is 86.8 Å². The smallest absolute Gasteiger partial charge is 0.244 e. The SMILES string of the molecule is CC(C)CNC(=O)[C@@H](Cc1ccccc1)N(Cc1ccccc1Cl)C(=O)CN(c1cccc(F)c1)S(C)(=O)=O. The van der Waals surface area contributed by atoms with Crippen LogP contribution in [0.1, 0.15) is 25.0 Å². The Morgan fingerprint density at radius 3 is 2.26 bits per heavy atom. The van der Waals surface area contributed by atoms with Crippen LogP contribution in [0, 0.1) is 11.7 Å². The number of carbonyl (C=O) groups is 2. The number of nitrogens with one attached hydrogen (secondary N) is 1. The van der Waals surface area contributed by atoms with Gasteiger partial charge in [-0.05, 0) is 41.3 Å². The molecule has 0 aliphatic carbocycles. The van der Waals surface area contributed by atoms with Crippen LogP contribution in [0.2, 0.25) is 5.02 Å². The Labute approximate surface area is 234 Å². The van der Waals surface area contributed by atoms with Crippen molar-refractivity contribution < 1.29 is 22.4 Å². The summed E-state index contributed by atoms with van der Waals surface area (Å²) in [6.07, 6.45) is 1.14. The van der Waals surface area contributed by atoms with Crippen molar-refractivity contribution in [3.63, 3.8) is 0 Å². The van der Waals surface area contributed by atoms with Crippen LogP contribution in [0.4, 0.5) is 10.1 Å². The number of anilines is 1. The van der Waals surface area contributed by atoms with Crippen molar-refractivity contribution in [3.8, 4) is 0 Å². The zero-order chi connectivity index (χ0) is 28.6. The minimum Gasteiger partial charge on any atom is -0.354 e. The fourth-order valence-corrected chi connectivity index (χ4v) is 5.07. The van der Waals surface area contributed by atoms with E-state index in [1.807, 2.05) is 44.2 Å². The third kappa shape index (κ3) is 8.80. The Hall–Kier alpha value is -3.43. The van der Waals surface area contributed by atoms with E-state index in [2.05, 4.69) is 5.32 Å². The summed E-state index contributed by atoms with van der Waals surface area (Å²) in [5.74, 6) is -1.47. The monoisotopic (exact) mass is 573 g/mol. The van der Waals surface area contributed by atoms with Crippen molar-refractivity contribution >= 4 is 39.1 Å². The molecule has 0 aliphatic rings. The molecule has 0 saturated carbocycles. The largest absolute Gasteiger partial charge is 0.354 e. The quantitative estimate of drug-likeness (QED) is 0.341. The lowest BCUT2D eigenvalue weighted by Crippen LogP contribution is -2.53. The van der Waals surface area contributed by atoms with Crippen LogP contribution in [0.3, 0.4) is 0 Å². The molecule has 0 spiro atoms. The summed E-state index contributed by atoms with van der Waals surface area (Å²) < 4.78 is 40.3. The summed E-state index contributed by atoms with van der Waals surface area (Å²) in [4.78, 5) is 28.9. The molecular formula is C29H33ClFN3O4S. The van der Waals surface area contributed by atoms with Gasteiger partial charge in [0, 0.05) is 24.5 Å². The molecule has 3 aromatic rings. The number of hydrogen-bond donors (Lipinski definition) is 1. The lowest BCUT2D eigenvalue weighted by atomic mass is 10.0. The van der Waals surface area contributed by atoms with E-state index in [1.54, 1.807) is 24.3 Å². The van der Waals surface area contributed by atoms with Crippen molar-refractivity contribution in [2.45, 2.75) is 32.9 Å². The van der Waals surface area contributed by atoms with Gasteiger partial charge in [-0.1, -0.05) is 80.0 Å². The number of carbonyl (C=O) groups excluding carboxylic acids is 2. The highest BCUT2D eigenvalue weighted by Crippen LogP contribution is 2.23. The number of hydrogen-bond acceptors (Lipinski definition) is 4. The Morgan fingerprint density at radius 2 is 1.64 bits per heavy atom. The van der Waals surface area contributed by atoms with Gasteiger partial charge in [0.15, 0.2) is 0 Å². The summed E-state index contributed by atoms with van der Waals surface area (Å²) >= 11 is 6.43. The number of benzene rings is 3. The maximum Gasteiger partial charge on any atom is 0.244 e. The van der Waals surface area contributed by atoms with E-state index in [-0.39, 0.29) is 30.5 Å². The van der Waals surface area contributed by atoms with E-state index in [0.717, 1.165) is 22.2 Å². The third-order valence-electron chi connectivity index (χ3n) is 6.03. The van der Waals surface area contributed by atoms with E-state index in [4.69, 9.17) is 11.6 Å². The first kappa shape index (κ1) is 30.1. The van der Waals surface area contributed by atoms with Gasteiger partial charge in [-0.25, -0.2) is 12.8 Å². The average Bonchev–Trinajstić information content (AvgIpc) is 2.88. The fourth-order valence-electron chi connectivity index (χ4n) is 4.03. The number of sulfonamides is 1. The van der Waals surface area contributed by atoms with Crippen molar-refractivity contribution in [3.05, 3.63) is 101 Å². The number of amides is 2. The van der Waals surface area contributed by atoms with Gasteiger partial charge >= 0.3 is 0 Å². The van der Waals surface area contributed by atoms with Crippen LogP contribution >= 0.6 is 11.6 Å². The van der Waals surface area contributed by atoms with Crippen LogP contribution in [0.5, 0.6) is 0 Å². The van der Waals surface area contributed by atoms with E-state index < -0.39 is 34.3 Å². The van der Waals surface area contributed by atoms with E-state index in [0.29, 0.717) is 17.1 Å². The predicted octanol–water partition coefficient (Wildman–Crippen LogP) is 4.66. The fraction of sp³-hybridized carbons (Fsp3) is 0.310. The molecule has 0 heterocycles. The third-order valence-corrected chi connectivity index (χ3v) is 7.54. The first-order valence-electron chi connectivity index (χ1n) is 12.5. The maximum atomic E-state index is 14.0.